The van der Waals surface area contributed by atoms with Gasteiger partial charge in [-0.25, -0.2) is 0 Å². The first-order valence-corrected chi connectivity index (χ1v) is 6.02. The van der Waals surface area contributed by atoms with E-state index in [9.17, 15) is 4.79 Å². The standard InChI is InChI=1S/C9H16N2OS/c1-3-11-8(12)7(2)10-9(11)4-5-13-6-9/h7,10H,3-6H2,1-2H3. The molecule has 2 unspecified atom stereocenters. The molecule has 3 nitrogen and oxygen atoms in total. The van der Waals surface area contributed by atoms with Crippen LogP contribution in [0.4, 0.5) is 0 Å². The molecule has 0 bridgehead atoms. The van der Waals surface area contributed by atoms with Gasteiger partial charge in [-0.15, -0.1) is 0 Å². The van der Waals surface area contributed by atoms with Crippen molar-refractivity contribution in [3.8, 4) is 0 Å². The van der Waals surface area contributed by atoms with Gasteiger partial charge >= 0.3 is 0 Å². The Kier molecular flexibility index (Phi) is 2.28. The normalized spacial score (nSPS) is 39.4. The van der Waals surface area contributed by atoms with Gasteiger partial charge in [-0.1, -0.05) is 0 Å². The molecule has 1 spiro atoms. The molecule has 2 saturated heterocycles. The number of amides is 1. The lowest BCUT2D eigenvalue weighted by atomic mass is 10.1. The molecule has 2 aliphatic heterocycles. The summed E-state index contributed by atoms with van der Waals surface area (Å²) in [5, 5.41) is 3.44. The van der Waals surface area contributed by atoms with Crippen LogP contribution in [0.2, 0.25) is 0 Å². The largest absolute Gasteiger partial charge is 0.322 e. The number of rotatable bonds is 1. The van der Waals surface area contributed by atoms with Crippen LogP contribution in [-0.2, 0) is 4.79 Å². The molecule has 1 N–H and O–H groups in total. The summed E-state index contributed by atoms with van der Waals surface area (Å²) >= 11 is 1.94. The lowest BCUT2D eigenvalue weighted by molar-refractivity contribution is -0.131. The maximum atomic E-state index is 11.8. The minimum absolute atomic E-state index is 0.00405. The molecule has 13 heavy (non-hydrogen) atoms. The number of carbonyl (C=O) groups excluding carboxylic acids is 1. The van der Waals surface area contributed by atoms with Crippen molar-refractivity contribution in [1.29, 1.82) is 0 Å². The van der Waals surface area contributed by atoms with Crippen molar-refractivity contribution in [1.82, 2.24) is 10.2 Å². The van der Waals surface area contributed by atoms with Crippen LogP contribution in [0.1, 0.15) is 20.3 Å². The molecule has 0 radical (unpaired) electrons. The number of carbonyl (C=O) groups is 1. The van der Waals surface area contributed by atoms with Crippen molar-refractivity contribution in [2.45, 2.75) is 32.0 Å². The number of nitrogens with zero attached hydrogens (tertiary/aromatic N) is 1. The average molecular weight is 200 g/mol. The lowest BCUT2D eigenvalue weighted by Gasteiger charge is -2.33. The van der Waals surface area contributed by atoms with E-state index in [1.807, 2.05) is 23.6 Å². The highest BCUT2D eigenvalue weighted by atomic mass is 32.2. The summed E-state index contributed by atoms with van der Waals surface area (Å²) in [6, 6.07) is 0.0126. The molecule has 2 atom stereocenters. The fraction of sp³-hybridized carbons (Fsp3) is 0.889. The Morgan fingerprint density at radius 2 is 2.54 bits per heavy atom. The van der Waals surface area contributed by atoms with Crippen molar-refractivity contribution < 1.29 is 4.79 Å². The molecule has 4 heteroatoms. The van der Waals surface area contributed by atoms with Gasteiger partial charge in [0, 0.05) is 12.3 Å². The summed E-state index contributed by atoms with van der Waals surface area (Å²) < 4.78 is 0. The van der Waals surface area contributed by atoms with Gasteiger partial charge in [0.1, 0.15) is 5.66 Å². The molecule has 74 valence electrons. The maximum Gasteiger partial charge on any atom is 0.240 e. The predicted octanol–water partition coefficient (Wildman–Crippen LogP) is 0.660. The highest BCUT2D eigenvalue weighted by molar-refractivity contribution is 7.99. The van der Waals surface area contributed by atoms with Crippen molar-refractivity contribution >= 4 is 17.7 Å². The second-order valence-electron chi connectivity index (χ2n) is 3.78. The van der Waals surface area contributed by atoms with Crippen LogP contribution in [0.5, 0.6) is 0 Å². The zero-order valence-electron chi connectivity index (χ0n) is 8.17. The van der Waals surface area contributed by atoms with E-state index in [0.717, 1.165) is 18.7 Å². The molecular formula is C9H16N2OS. The highest BCUT2D eigenvalue weighted by Gasteiger charge is 2.49. The molecule has 2 aliphatic rings. The van der Waals surface area contributed by atoms with Gasteiger partial charge in [-0.05, 0) is 26.0 Å². The number of likely N-dealkylation sites (N-methyl/N-ethyl adjacent to an activating group) is 1. The minimum Gasteiger partial charge on any atom is -0.322 e. The van der Waals surface area contributed by atoms with E-state index in [2.05, 4.69) is 12.2 Å². The fourth-order valence-electron chi connectivity index (χ4n) is 2.33. The molecule has 2 fully saturated rings. The first-order valence-electron chi connectivity index (χ1n) is 4.86. The number of thioether (sulfide) groups is 1. The van der Waals surface area contributed by atoms with Gasteiger partial charge < -0.3 is 4.90 Å². The quantitative estimate of drug-likeness (QED) is 0.675. The Balaban J connectivity index is 2.23. The van der Waals surface area contributed by atoms with Crippen molar-refractivity contribution in [2.75, 3.05) is 18.1 Å². The molecular weight excluding hydrogens is 184 g/mol. The van der Waals surface area contributed by atoms with Crippen LogP contribution in [0.3, 0.4) is 0 Å². The molecule has 0 saturated carbocycles. The van der Waals surface area contributed by atoms with E-state index in [4.69, 9.17) is 0 Å². The van der Waals surface area contributed by atoms with Crippen molar-refractivity contribution in [2.24, 2.45) is 0 Å². The molecule has 0 aromatic carbocycles. The Hall–Kier alpha value is -0.220. The van der Waals surface area contributed by atoms with E-state index in [0.29, 0.717) is 0 Å². The molecule has 0 aromatic heterocycles. The Morgan fingerprint density at radius 3 is 3.08 bits per heavy atom. The third-order valence-electron chi connectivity index (χ3n) is 2.96. The van der Waals surface area contributed by atoms with E-state index in [1.54, 1.807) is 0 Å². The first kappa shape index (κ1) is 9.34. The Morgan fingerprint density at radius 1 is 1.77 bits per heavy atom. The first-order chi connectivity index (χ1) is 6.19. The van der Waals surface area contributed by atoms with E-state index < -0.39 is 0 Å². The van der Waals surface area contributed by atoms with Gasteiger partial charge in [0.25, 0.3) is 0 Å². The summed E-state index contributed by atoms with van der Waals surface area (Å²) in [5.74, 6) is 2.49. The van der Waals surface area contributed by atoms with Crippen LogP contribution in [0, 0.1) is 0 Å². The van der Waals surface area contributed by atoms with Crippen LogP contribution < -0.4 is 5.32 Å². The zero-order chi connectivity index (χ0) is 9.47. The molecule has 1 amide bonds. The molecule has 0 aromatic rings. The van der Waals surface area contributed by atoms with Crippen molar-refractivity contribution in [3.05, 3.63) is 0 Å². The van der Waals surface area contributed by atoms with Crippen LogP contribution in [0.15, 0.2) is 0 Å². The second kappa shape index (κ2) is 3.17. The van der Waals surface area contributed by atoms with Gasteiger partial charge in [0.2, 0.25) is 5.91 Å². The Bertz CT molecular complexity index is 226. The summed E-state index contributed by atoms with van der Waals surface area (Å²) in [5.41, 5.74) is -0.00405. The van der Waals surface area contributed by atoms with Crippen LogP contribution in [0.25, 0.3) is 0 Å². The Labute approximate surface area is 83.2 Å². The highest BCUT2D eigenvalue weighted by Crippen LogP contribution is 2.35. The minimum atomic E-state index is -0.00405. The van der Waals surface area contributed by atoms with Gasteiger partial charge in [-0.2, -0.15) is 11.8 Å². The van der Waals surface area contributed by atoms with Gasteiger partial charge in [0.05, 0.1) is 6.04 Å². The SMILES string of the molecule is CCN1C(=O)C(C)NC12CCSC2. The molecule has 2 rings (SSSR count). The monoisotopic (exact) mass is 200 g/mol. The summed E-state index contributed by atoms with van der Waals surface area (Å²) in [6.07, 6.45) is 1.10. The summed E-state index contributed by atoms with van der Waals surface area (Å²) in [7, 11) is 0. The maximum absolute atomic E-state index is 11.8. The lowest BCUT2D eigenvalue weighted by Crippen LogP contribution is -2.52. The smallest absolute Gasteiger partial charge is 0.240 e. The van der Waals surface area contributed by atoms with E-state index >= 15 is 0 Å². The third-order valence-corrected chi connectivity index (χ3v) is 4.13. The second-order valence-corrected chi connectivity index (χ2v) is 4.89. The average Bonchev–Trinajstić information content (AvgIpc) is 2.62. The summed E-state index contributed by atoms with van der Waals surface area (Å²) in [4.78, 5) is 13.8. The third kappa shape index (κ3) is 1.27. The fourth-order valence-corrected chi connectivity index (χ4v) is 3.67. The van der Waals surface area contributed by atoms with Crippen molar-refractivity contribution in [3.63, 3.8) is 0 Å². The molecule has 2 heterocycles. The zero-order valence-corrected chi connectivity index (χ0v) is 8.99. The topological polar surface area (TPSA) is 32.3 Å². The molecule has 0 aliphatic carbocycles. The number of nitrogens with one attached hydrogen (secondary N) is 1. The summed E-state index contributed by atoms with van der Waals surface area (Å²) in [6.45, 7) is 4.85. The van der Waals surface area contributed by atoms with E-state index in [-0.39, 0.29) is 17.6 Å². The predicted molar refractivity (Wildman–Crippen MR) is 54.7 cm³/mol. The van der Waals surface area contributed by atoms with E-state index in [1.165, 1.54) is 5.75 Å². The number of hydrogen-bond donors (Lipinski definition) is 1. The van der Waals surface area contributed by atoms with Crippen LogP contribution in [-0.4, -0.2) is 40.6 Å². The van der Waals surface area contributed by atoms with Crippen LogP contribution >= 0.6 is 11.8 Å². The number of hydrogen-bond acceptors (Lipinski definition) is 3. The van der Waals surface area contributed by atoms with Gasteiger partial charge in [-0.3, -0.25) is 10.1 Å². The van der Waals surface area contributed by atoms with Gasteiger partial charge in [0.15, 0.2) is 0 Å².